The number of aromatic nitrogens is 2. The second-order valence-corrected chi connectivity index (χ2v) is 5.67. The van der Waals surface area contributed by atoms with E-state index in [1.54, 1.807) is 11.8 Å². The summed E-state index contributed by atoms with van der Waals surface area (Å²) in [5, 5.41) is 11.2. The zero-order valence-corrected chi connectivity index (χ0v) is 11.4. The van der Waals surface area contributed by atoms with Crippen molar-refractivity contribution in [2.75, 3.05) is 0 Å². The Morgan fingerprint density at radius 2 is 1.75 bits per heavy atom. The zero-order valence-electron chi connectivity index (χ0n) is 10.6. The van der Waals surface area contributed by atoms with E-state index in [4.69, 9.17) is 0 Å². The quantitative estimate of drug-likeness (QED) is 0.739. The van der Waals surface area contributed by atoms with Crippen LogP contribution in [0.3, 0.4) is 0 Å². The van der Waals surface area contributed by atoms with Crippen molar-refractivity contribution in [1.82, 2.24) is 9.55 Å². The fourth-order valence-corrected chi connectivity index (χ4v) is 3.54. The zero-order chi connectivity index (χ0) is 13.5. The van der Waals surface area contributed by atoms with Gasteiger partial charge in [-0.2, -0.15) is 0 Å². The molecule has 0 spiro atoms. The number of fused-ring (bicyclic) bond motifs is 3. The molecule has 3 nitrogen and oxygen atoms in total. The molecule has 4 heteroatoms. The standard InChI is InChI=1S/C16H12N2OS/c19-15-10-14(11-6-2-1-3-7-11)20-16-17-12-8-4-5-9-13(12)18(15)16/h1-10,15,19H/t15-/m1/s1. The Labute approximate surface area is 120 Å². The third kappa shape index (κ3) is 1.77. The van der Waals surface area contributed by atoms with E-state index in [-0.39, 0.29) is 0 Å². The van der Waals surface area contributed by atoms with Gasteiger partial charge in [0.05, 0.1) is 11.0 Å². The Balaban J connectivity index is 1.85. The molecule has 4 rings (SSSR count). The fourth-order valence-electron chi connectivity index (χ4n) is 2.45. The molecule has 0 bridgehead atoms. The van der Waals surface area contributed by atoms with Gasteiger partial charge in [-0.1, -0.05) is 54.2 Å². The molecular formula is C16H12N2OS. The van der Waals surface area contributed by atoms with Gasteiger partial charge >= 0.3 is 0 Å². The number of rotatable bonds is 1. The lowest BCUT2D eigenvalue weighted by Gasteiger charge is -2.20. The average molecular weight is 280 g/mol. The van der Waals surface area contributed by atoms with Gasteiger partial charge in [0.25, 0.3) is 0 Å². The van der Waals surface area contributed by atoms with Crippen LogP contribution in [0, 0.1) is 0 Å². The number of hydrogen-bond acceptors (Lipinski definition) is 3. The maximum absolute atomic E-state index is 10.4. The minimum Gasteiger partial charge on any atom is -0.369 e. The number of nitrogens with zero attached hydrogens (tertiary/aromatic N) is 2. The van der Waals surface area contributed by atoms with E-state index >= 15 is 0 Å². The van der Waals surface area contributed by atoms with E-state index in [2.05, 4.69) is 4.98 Å². The van der Waals surface area contributed by atoms with Gasteiger partial charge in [0.1, 0.15) is 0 Å². The van der Waals surface area contributed by atoms with Crippen molar-refractivity contribution >= 4 is 27.7 Å². The highest BCUT2D eigenvalue weighted by molar-refractivity contribution is 8.08. The summed E-state index contributed by atoms with van der Waals surface area (Å²) in [6, 6.07) is 18.0. The van der Waals surface area contributed by atoms with Crippen molar-refractivity contribution in [3.05, 3.63) is 66.2 Å². The number of para-hydroxylation sites is 2. The molecule has 2 heterocycles. The van der Waals surface area contributed by atoms with Gasteiger partial charge in [-0.25, -0.2) is 4.98 Å². The van der Waals surface area contributed by atoms with Gasteiger partial charge in [0, 0.05) is 4.91 Å². The molecule has 20 heavy (non-hydrogen) atoms. The Hall–Kier alpha value is -2.04. The maximum Gasteiger partial charge on any atom is 0.176 e. The van der Waals surface area contributed by atoms with Crippen LogP contribution in [0.1, 0.15) is 11.8 Å². The molecule has 0 radical (unpaired) electrons. The Morgan fingerprint density at radius 3 is 2.60 bits per heavy atom. The van der Waals surface area contributed by atoms with Crippen LogP contribution in [0.4, 0.5) is 0 Å². The Bertz CT molecular complexity index is 808. The second kappa shape index (κ2) is 4.51. The molecular weight excluding hydrogens is 268 g/mol. The lowest BCUT2D eigenvalue weighted by molar-refractivity contribution is 0.149. The first-order chi connectivity index (χ1) is 9.83. The summed E-state index contributed by atoms with van der Waals surface area (Å²) in [5.41, 5.74) is 2.98. The Morgan fingerprint density at radius 1 is 1.00 bits per heavy atom. The normalized spacial score (nSPS) is 17.9. The maximum atomic E-state index is 10.4. The first-order valence-electron chi connectivity index (χ1n) is 6.43. The molecule has 0 amide bonds. The van der Waals surface area contributed by atoms with Crippen LogP contribution in [0.2, 0.25) is 0 Å². The van der Waals surface area contributed by atoms with E-state index in [0.717, 1.165) is 26.7 Å². The van der Waals surface area contributed by atoms with Gasteiger partial charge in [-0.3, -0.25) is 4.57 Å². The average Bonchev–Trinajstić information content (AvgIpc) is 2.87. The lowest BCUT2D eigenvalue weighted by atomic mass is 10.2. The third-order valence-electron chi connectivity index (χ3n) is 3.39. The smallest absolute Gasteiger partial charge is 0.176 e. The monoisotopic (exact) mass is 280 g/mol. The minimum atomic E-state index is -0.672. The number of aliphatic hydroxyl groups is 1. The fraction of sp³-hybridized carbons (Fsp3) is 0.0625. The van der Waals surface area contributed by atoms with Crippen LogP contribution in [0.15, 0.2) is 65.8 Å². The number of hydrogen-bond donors (Lipinski definition) is 1. The molecule has 0 unspecified atom stereocenters. The molecule has 98 valence electrons. The summed E-state index contributed by atoms with van der Waals surface area (Å²) in [5.74, 6) is 0. The Kier molecular flexibility index (Phi) is 2.65. The molecule has 0 saturated heterocycles. The highest BCUT2D eigenvalue weighted by Gasteiger charge is 2.23. The molecule has 1 aromatic heterocycles. The van der Waals surface area contributed by atoms with Crippen LogP contribution in [0.5, 0.6) is 0 Å². The molecule has 2 aromatic carbocycles. The van der Waals surface area contributed by atoms with Crippen molar-refractivity contribution < 1.29 is 5.11 Å². The van der Waals surface area contributed by atoms with Crippen LogP contribution in [-0.2, 0) is 0 Å². The summed E-state index contributed by atoms with van der Waals surface area (Å²) >= 11 is 1.59. The van der Waals surface area contributed by atoms with Crippen molar-refractivity contribution in [3.63, 3.8) is 0 Å². The van der Waals surface area contributed by atoms with Crippen LogP contribution < -0.4 is 0 Å². The molecule has 3 aromatic rings. The molecule has 1 N–H and O–H groups in total. The molecule has 0 saturated carbocycles. The molecule has 1 aliphatic rings. The predicted molar refractivity (Wildman–Crippen MR) is 81.3 cm³/mol. The van der Waals surface area contributed by atoms with Gasteiger partial charge < -0.3 is 5.11 Å². The summed E-state index contributed by atoms with van der Waals surface area (Å²) < 4.78 is 1.87. The van der Waals surface area contributed by atoms with Gasteiger partial charge in [-0.15, -0.1) is 0 Å². The number of imidazole rings is 1. The minimum absolute atomic E-state index is 0.672. The van der Waals surface area contributed by atoms with E-state index < -0.39 is 6.23 Å². The molecule has 1 aliphatic heterocycles. The molecule has 0 aliphatic carbocycles. The van der Waals surface area contributed by atoms with Gasteiger partial charge in [0.15, 0.2) is 11.4 Å². The second-order valence-electron chi connectivity index (χ2n) is 4.67. The molecule has 0 fully saturated rings. The van der Waals surface area contributed by atoms with Crippen molar-refractivity contribution in [2.24, 2.45) is 0 Å². The SMILES string of the molecule is O[C@@H]1C=C(c2ccccc2)Sc2nc3ccccc3n21. The summed E-state index contributed by atoms with van der Waals surface area (Å²) in [4.78, 5) is 5.65. The van der Waals surface area contributed by atoms with E-state index in [9.17, 15) is 5.11 Å². The largest absolute Gasteiger partial charge is 0.369 e. The summed E-state index contributed by atoms with van der Waals surface area (Å²) in [6.45, 7) is 0. The topological polar surface area (TPSA) is 38.1 Å². The van der Waals surface area contributed by atoms with Crippen molar-refractivity contribution in [3.8, 4) is 0 Å². The van der Waals surface area contributed by atoms with Crippen LogP contribution >= 0.6 is 11.8 Å². The van der Waals surface area contributed by atoms with E-state index in [0.29, 0.717) is 0 Å². The van der Waals surface area contributed by atoms with Crippen LogP contribution in [-0.4, -0.2) is 14.7 Å². The highest BCUT2D eigenvalue weighted by Crippen LogP contribution is 2.41. The number of benzene rings is 2. The predicted octanol–water partition coefficient (Wildman–Crippen LogP) is 3.67. The van der Waals surface area contributed by atoms with E-state index in [1.807, 2.05) is 65.2 Å². The molecule has 1 atom stereocenters. The third-order valence-corrected chi connectivity index (χ3v) is 4.45. The first-order valence-corrected chi connectivity index (χ1v) is 7.25. The summed E-state index contributed by atoms with van der Waals surface area (Å²) in [7, 11) is 0. The number of aliphatic hydroxyl groups excluding tert-OH is 1. The highest BCUT2D eigenvalue weighted by atomic mass is 32.2. The van der Waals surface area contributed by atoms with Crippen LogP contribution in [0.25, 0.3) is 15.9 Å². The first kappa shape index (κ1) is 11.8. The van der Waals surface area contributed by atoms with Crippen molar-refractivity contribution in [1.29, 1.82) is 0 Å². The summed E-state index contributed by atoms with van der Waals surface area (Å²) in [6.07, 6.45) is 1.20. The van der Waals surface area contributed by atoms with Gasteiger partial charge in [-0.05, 0) is 23.8 Å². The van der Waals surface area contributed by atoms with Gasteiger partial charge in [0.2, 0.25) is 0 Å². The number of thioether (sulfide) groups is 1. The van der Waals surface area contributed by atoms with E-state index in [1.165, 1.54) is 0 Å². The lowest BCUT2D eigenvalue weighted by Crippen LogP contribution is -2.10. The van der Waals surface area contributed by atoms with Crippen molar-refractivity contribution in [2.45, 2.75) is 11.4 Å².